The molecule has 0 saturated heterocycles. The first-order chi connectivity index (χ1) is 10.2. The van der Waals surface area contributed by atoms with Gasteiger partial charge in [0.25, 0.3) is 6.29 Å². The Labute approximate surface area is 128 Å². The van der Waals surface area contributed by atoms with Gasteiger partial charge >= 0.3 is 12.1 Å². The van der Waals surface area contributed by atoms with Gasteiger partial charge in [0.2, 0.25) is 5.28 Å². The Bertz CT molecular complexity index is 402. The van der Waals surface area contributed by atoms with E-state index in [-0.39, 0.29) is 17.5 Å². The number of ether oxygens (including phenoxy) is 2. The molecule has 0 fully saturated rings. The number of carboxylic acids is 1. The Morgan fingerprint density at radius 3 is 2.41 bits per heavy atom. The molecule has 0 rings (SSSR count). The molecule has 0 spiro atoms. The van der Waals surface area contributed by atoms with Gasteiger partial charge in [-0.15, -0.1) is 5.01 Å². The van der Waals surface area contributed by atoms with E-state index in [1.54, 1.807) is 13.8 Å². The summed E-state index contributed by atoms with van der Waals surface area (Å²) < 4.78 is 9.14. The summed E-state index contributed by atoms with van der Waals surface area (Å²) in [4.78, 5) is 26.9. The number of hydrazine groups is 1. The van der Waals surface area contributed by atoms with Gasteiger partial charge in [-0.1, -0.05) is 20.3 Å². The van der Waals surface area contributed by atoms with E-state index in [0.717, 1.165) is 5.01 Å². The minimum atomic E-state index is -1.16. The predicted molar refractivity (Wildman–Crippen MR) is 73.4 cm³/mol. The molecule has 1 N–H and O–H groups in total. The Balaban J connectivity index is 4.68. The van der Waals surface area contributed by atoms with E-state index >= 15 is 0 Å². The lowest BCUT2D eigenvalue weighted by atomic mass is 9.99. The topological polar surface area (TPSA) is 124 Å². The highest BCUT2D eigenvalue weighted by molar-refractivity contribution is 5.73. The van der Waals surface area contributed by atoms with Gasteiger partial charge in [0.05, 0.1) is 18.6 Å². The van der Waals surface area contributed by atoms with Crippen molar-refractivity contribution in [2.45, 2.75) is 46.4 Å². The molecule has 0 amide bonds. The van der Waals surface area contributed by atoms with Gasteiger partial charge < -0.3 is 19.8 Å². The van der Waals surface area contributed by atoms with Crippen molar-refractivity contribution in [2.75, 3.05) is 13.7 Å². The zero-order chi connectivity index (χ0) is 17.3. The minimum Gasteiger partial charge on any atom is -0.569 e. The van der Waals surface area contributed by atoms with Gasteiger partial charge in [0.15, 0.2) is 6.04 Å². The van der Waals surface area contributed by atoms with Crippen LogP contribution < -0.4 is 0 Å². The second-order valence-electron chi connectivity index (χ2n) is 4.55. The molecule has 10 heteroatoms. The lowest BCUT2D eigenvalue weighted by molar-refractivity contribution is -0.713. The second kappa shape index (κ2) is 9.64. The number of carbonyl (C=O) groups excluding carboxylic acids is 1. The van der Waals surface area contributed by atoms with Gasteiger partial charge in [0, 0.05) is 6.92 Å². The molecule has 22 heavy (non-hydrogen) atoms. The van der Waals surface area contributed by atoms with Crippen molar-refractivity contribution in [3.05, 3.63) is 5.21 Å². The maximum atomic E-state index is 11.7. The van der Waals surface area contributed by atoms with Crippen LogP contribution in [0.2, 0.25) is 0 Å². The van der Waals surface area contributed by atoms with Crippen LogP contribution in [0.25, 0.3) is 0 Å². The van der Waals surface area contributed by atoms with Gasteiger partial charge in [-0.3, -0.25) is 4.84 Å². The molecule has 0 aromatic rings. The lowest BCUT2D eigenvalue weighted by Crippen LogP contribution is -2.46. The van der Waals surface area contributed by atoms with E-state index in [2.05, 4.69) is 19.6 Å². The number of carbonyl (C=O) groups is 2. The summed E-state index contributed by atoms with van der Waals surface area (Å²) >= 11 is 0. The third kappa shape index (κ3) is 6.46. The Hall–Kier alpha value is -2.26. The number of nitrogens with zero attached hydrogens (tertiary/aromatic N) is 3. The van der Waals surface area contributed by atoms with Crippen LogP contribution in [0.1, 0.15) is 34.1 Å². The zero-order valence-electron chi connectivity index (χ0n) is 13.4. The number of likely N-dealkylation sites (N-methyl/N-ethyl adjacent to an activating group) is 1. The Morgan fingerprint density at radius 2 is 1.95 bits per heavy atom. The van der Waals surface area contributed by atoms with E-state index in [1.165, 1.54) is 14.0 Å². The van der Waals surface area contributed by atoms with E-state index < -0.39 is 24.5 Å². The Morgan fingerprint density at radius 1 is 1.36 bits per heavy atom. The van der Waals surface area contributed by atoms with Crippen molar-refractivity contribution < 1.29 is 34.0 Å². The van der Waals surface area contributed by atoms with Crippen LogP contribution in [0.5, 0.6) is 0 Å². The molecule has 10 nitrogen and oxygen atoms in total. The van der Waals surface area contributed by atoms with Gasteiger partial charge in [0.1, 0.15) is 0 Å². The number of rotatable bonds is 9. The van der Waals surface area contributed by atoms with Crippen molar-refractivity contribution >= 4 is 12.1 Å². The maximum Gasteiger partial charge on any atom is 0.511 e. The molecule has 0 aliphatic rings. The third-order valence-corrected chi connectivity index (χ3v) is 2.90. The van der Waals surface area contributed by atoms with Crippen molar-refractivity contribution in [1.82, 2.24) is 5.01 Å². The van der Waals surface area contributed by atoms with Crippen LogP contribution >= 0.6 is 0 Å². The largest absolute Gasteiger partial charge is 0.569 e. The highest BCUT2D eigenvalue weighted by Gasteiger charge is 2.33. The van der Waals surface area contributed by atoms with Crippen LogP contribution in [0.15, 0.2) is 5.28 Å². The molecule has 128 valence electrons. The number of carboxylic acid groups (broad SMARTS) is 1. The first-order valence-electron chi connectivity index (χ1n) is 6.87. The smallest absolute Gasteiger partial charge is 0.511 e. The quantitative estimate of drug-likeness (QED) is 0.224. The van der Waals surface area contributed by atoms with Crippen molar-refractivity contribution in [3.63, 3.8) is 0 Å². The molecule has 0 aliphatic heterocycles. The number of hydrogen-bond donors (Lipinski definition) is 1. The highest BCUT2D eigenvalue weighted by atomic mass is 16.8. The average Bonchev–Trinajstić information content (AvgIpc) is 2.44. The zero-order valence-corrected chi connectivity index (χ0v) is 13.4. The summed E-state index contributed by atoms with van der Waals surface area (Å²) in [6.45, 7) is 6.58. The number of aliphatic carboxylic acids is 1. The van der Waals surface area contributed by atoms with E-state index in [9.17, 15) is 19.9 Å². The van der Waals surface area contributed by atoms with Crippen LogP contribution in [0.3, 0.4) is 0 Å². The van der Waals surface area contributed by atoms with E-state index in [0.29, 0.717) is 6.42 Å². The molecular weight excluding hydrogens is 298 g/mol. The SMILES string of the molecule is CCOC(=O)OC(C)O/N=[N+](\[O-])N(C)[C@H](C(=O)O)[C@H](C)CC. The summed E-state index contributed by atoms with van der Waals surface area (Å²) in [5.74, 6) is -1.42. The average molecular weight is 321 g/mol. The van der Waals surface area contributed by atoms with Crippen molar-refractivity contribution in [3.8, 4) is 0 Å². The fourth-order valence-corrected chi connectivity index (χ4v) is 1.57. The minimum absolute atomic E-state index is 0.00401. The monoisotopic (exact) mass is 321 g/mol. The molecule has 0 saturated carbocycles. The Kier molecular flexibility index (Phi) is 8.65. The van der Waals surface area contributed by atoms with E-state index in [4.69, 9.17) is 0 Å². The fourth-order valence-electron chi connectivity index (χ4n) is 1.57. The second-order valence-corrected chi connectivity index (χ2v) is 4.55. The van der Waals surface area contributed by atoms with Crippen LogP contribution in [-0.2, 0) is 19.1 Å². The van der Waals surface area contributed by atoms with Gasteiger partial charge in [-0.05, 0) is 12.8 Å². The molecule has 0 bridgehead atoms. The van der Waals surface area contributed by atoms with Crippen LogP contribution in [0.4, 0.5) is 4.79 Å². The van der Waals surface area contributed by atoms with Crippen molar-refractivity contribution in [1.29, 1.82) is 0 Å². The van der Waals surface area contributed by atoms with E-state index in [1.807, 2.05) is 6.92 Å². The maximum absolute atomic E-state index is 11.7. The predicted octanol–water partition coefficient (Wildman–Crippen LogP) is 1.75. The molecule has 0 aliphatic carbocycles. The molecule has 0 aromatic heterocycles. The first-order valence-corrected chi connectivity index (χ1v) is 6.87. The molecular formula is C12H23N3O7. The van der Waals surface area contributed by atoms with Gasteiger partial charge in [-0.2, -0.15) is 0 Å². The third-order valence-electron chi connectivity index (χ3n) is 2.90. The molecule has 1 unspecified atom stereocenters. The van der Waals surface area contributed by atoms with Crippen LogP contribution in [-0.4, -0.2) is 53.2 Å². The molecule has 3 atom stereocenters. The molecule has 0 heterocycles. The standard InChI is InChI=1S/C12H23N3O7/c1-6-8(3)10(11(16)17)14(5)15(19)13-22-9(4)21-12(18)20-7-2/h8-10H,6-7H2,1-5H3,(H,16,17)/b15-13-/t8-,9?,10+/m1/s1. The first kappa shape index (κ1) is 19.7. The lowest BCUT2D eigenvalue weighted by Gasteiger charge is -2.24. The summed E-state index contributed by atoms with van der Waals surface area (Å²) in [6.07, 6.45) is -1.55. The summed E-state index contributed by atoms with van der Waals surface area (Å²) in [5.41, 5.74) is 0. The van der Waals surface area contributed by atoms with Gasteiger partial charge in [-0.25, -0.2) is 9.59 Å². The van der Waals surface area contributed by atoms with Crippen molar-refractivity contribution in [2.24, 2.45) is 11.2 Å². The normalized spacial score (nSPS) is 15.4. The molecule has 0 aromatic carbocycles. The van der Waals surface area contributed by atoms with Crippen LogP contribution in [0, 0.1) is 11.1 Å². The summed E-state index contributed by atoms with van der Waals surface area (Å²) in [7, 11) is 1.28. The highest BCUT2D eigenvalue weighted by Crippen LogP contribution is 2.14. The summed E-state index contributed by atoms with van der Waals surface area (Å²) in [5, 5.41) is 25.0. The summed E-state index contributed by atoms with van der Waals surface area (Å²) in [6, 6.07) is -1.06. The molecule has 0 radical (unpaired) electrons. The number of hydrogen-bond acceptors (Lipinski definition) is 7. The fraction of sp³-hybridized carbons (Fsp3) is 0.833.